The molecule has 0 saturated heterocycles. The summed E-state index contributed by atoms with van der Waals surface area (Å²) in [5, 5.41) is 3.69. The Morgan fingerprint density at radius 1 is 1.22 bits per heavy atom. The first-order valence-corrected chi connectivity index (χ1v) is 8.00. The first-order valence-electron chi connectivity index (χ1n) is 8.00. The summed E-state index contributed by atoms with van der Waals surface area (Å²) in [6, 6.07) is 0.461. The summed E-state index contributed by atoms with van der Waals surface area (Å²) in [6.45, 7) is 9.38. The van der Waals surface area contributed by atoms with Crippen molar-refractivity contribution in [2.45, 2.75) is 78.2 Å². The van der Waals surface area contributed by atoms with E-state index in [2.05, 4.69) is 26.1 Å². The highest BCUT2D eigenvalue weighted by Crippen LogP contribution is 2.25. The Labute approximate surface area is 114 Å². The van der Waals surface area contributed by atoms with Crippen molar-refractivity contribution in [3.63, 3.8) is 0 Å². The molecule has 18 heavy (non-hydrogen) atoms. The summed E-state index contributed by atoms with van der Waals surface area (Å²) < 4.78 is 0. The molecule has 0 amide bonds. The first kappa shape index (κ1) is 16.0. The van der Waals surface area contributed by atoms with Crippen LogP contribution in [0, 0.1) is 11.3 Å². The van der Waals surface area contributed by atoms with Crippen LogP contribution in [-0.4, -0.2) is 19.1 Å². The third-order valence-corrected chi connectivity index (χ3v) is 4.32. The van der Waals surface area contributed by atoms with Crippen LogP contribution in [0.5, 0.6) is 0 Å². The second-order valence-corrected chi connectivity index (χ2v) is 7.04. The van der Waals surface area contributed by atoms with Gasteiger partial charge in [-0.05, 0) is 43.6 Å². The van der Waals surface area contributed by atoms with Gasteiger partial charge in [-0.1, -0.05) is 46.5 Å². The molecule has 0 aromatic rings. The lowest BCUT2D eigenvalue weighted by atomic mass is 9.84. The minimum absolute atomic E-state index is 0.450. The van der Waals surface area contributed by atoms with Gasteiger partial charge in [-0.3, -0.25) is 0 Å². The van der Waals surface area contributed by atoms with E-state index in [-0.39, 0.29) is 0 Å². The molecule has 0 aromatic carbocycles. The number of nitrogens with two attached hydrogens (primary N) is 1. The molecule has 2 atom stereocenters. The van der Waals surface area contributed by atoms with Crippen LogP contribution in [0.25, 0.3) is 0 Å². The van der Waals surface area contributed by atoms with Crippen molar-refractivity contribution in [2.24, 2.45) is 17.1 Å². The van der Waals surface area contributed by atoms with Gasteiger partial charge in [-0.15, -0.1) is 0 Å². The van der Waals surface area contributed by atoms with Crippen LogP contribution in [0.2, 0.25) is 0 Å². The molecule has 0 radical (unpaired) electrons. The van der Waals surface area contributed by atoms with E-state index in [0.717, 1.165) is 12.5 Å². The van der Waals surface area contributed by atoms with E-state index in [0.29, 0.717) is 11.5 Å². The standard InChI is InChI=1S/C16H34N2/c1-4-5-6-10-16(2,3)13-18-12-14-8-7-9-15(17)11-14/h14-15,18H,4-13,17H2,1-3H3. The van der Waals surface area contributed by atoms with E-state index in [9.17, 15) is 0 Å². The van der Waals surface area contributed by atoms with Gasteiger partial charge >= 0.3 is 0 Å². The molecule has 0 spiro atoms. The summed E-state index contributed by atoms with van der Waals surface area (Å²) in [6.07, 6.45) is 10.6. The molecule has 0 heterocycles. The molecule has 2 nitrogen and oxygen atoms in total. The van der Waals surface area contributed by atoms with Crippen LogP contribution in [-0.2, 0) is 0 Å². The van der Waals surface area contributed by atoms with Gasteiger partial charge in [0.05, 0.1) is 0 Å². The molecular weight excluding hydrogens is 220 g/mol. The summed E-state index contributed by atoms with van der Waals surface area (Å²) in [5.74, 6) is 0.820. The van der Waals surface area contributed by atoms with Crippen molar-refractivity contribution in [3.8, 4) is 0 Å². The van der Waals surface area contributed by atoms with Crippen molar-refractivity contribution in [1.29, 1.82) is 0 Å². The predicted molar refractivity (Wildman–Crippen MR) is 80.7 cm³/mol. The van der Waals surface area contributed by atoms with Crippen LogP contribution in [0.3, 0.4) is 0 Å². The van der Waals surface area contributed by atoms with Crippen molar-refractivity contribution in [1.82, 2.24) is 5.32 Å². The molecule has 0 aliphatic heterocycles. The average molecular weight is 254 g/mol. The molecule has 1 fully saturated rings. The Kier molecular flexibility index (Phi) is 7.25. The minimum Gasteiger partial charge on any atom is -0.328 e. The van der Waals surface area contributed by atoms with Gasteiger partial charge in [0.25, 0.3) is 0 Å². The van der Waals surface area contributed by atoms with Crippen molar-refractivity contribution >= 4 is 0 Å². The van der Waals surface area contributed by atoms with E-state index < -0.39 is 0 Å². The maximum Gasteiger partial charge on any atom is 0.00419 e. The van der Waals surface area contributed by atoms with Gasteiger partial charge in [0, 0.05) is 12.6 Å². The minimum atomic E-state index is 0.450. The van der Waals surface area contributed by atoms with Crippen LogP contribution < -0.4 is 11.1 Å². The molecule has 1 aliphatic rings. The Morgan fingerprint density at radius 2 is 2.00 bits per heavy atom. The van der Waals surface area contributed by atoms with E-state index >= 15 is 0 Å². The highest BCUT2D eigenvalue weighted by Gasteiger charge is 2.21. The van der Waals surface area contributed by atoms with E-state index in [1.54, 1.807) is 0 Å². The molecule has 2 unspecified atom stereocenters. The smallest absolute Gasteiger partial charge is 0.00419 e. The summed E-state index contributed by atoms with van der Waals surface area (Å²) in [5.41, 5.74) is 6.49. The van der Waals surface area contributed by atoms with E-state index in [1.165, 1.54) is 57.9 Å². The number of nitrogens with one attached hydrogen (secondary N) is 1. The Morgan fingerprint density at radius 3 is 2.67 bits per heavy atom. The van der Waals surface area contributed by atoms with Crippen molar-refractivity contribution in [2.75, 3.05) is 13.1 Å². The number of unbranched alkanes of at least 4 members (excludes halogenated alkanes) is 2. The Hall–Kier alpha value is -0.0800. The summed E-state index contributed by atoms with van der Waals surface area (Å²) >= 11 is 0. The zero-order valence-corrected chi connectivity index (χ0v) is 12.8. The van der Waals surface area contributed by atoms with Crippen molar-refractivity contribution < 1.29 is 0 Å². The third-order valence-electron chi connectivity index (χ3n) is 4.32. The fraction of sp³-hybridized carbons (Fsp3) is 1.00. The van der Waals surface area contributed by atoms with Gasteiger partial charge in [0.15, 0.2) is 0 Å². The average Bonchev–Trinajstić information content (AvgIpc) is 2.29. The first-order chi connectivity index (χ1) is 8.53. The zero-order chi connectivity index (χ0) is 13.4. The van der Waals surface area contributed by atoms with Gasteiger partial charge in [-0.2, -0.15) is 0 Å². The molecule has 0 aromatic heterocycles. The molecule has 1 saturated carbocycles. The van der Waals surface area contributed by atoms with Gasteiger partial charge in [-0.25, -0.2) is 0 Å². The maximum atomic E-state index is 6.04. The van der Waals surface area contributed by atoms with E-state index in [1.807, 2.05) is 0 Å². The molecule has 2 heteroatoms. The van der Waals surface area contributed by atoms with Gasteiger partial charge in [0.2, 0.25) is 0 Å². The monoisotopic (exact) mass is 254 g/mol. The zero-order valence-electron chi connectivity index (χ0n) is 12.8. The highest BCUT2D eigenvalue weighted by molar-refractivity contribution is 4.78. The maximum absolute atomic E-state index is 6.04. The quantitative estimate of drug-likeness (QED) is 0.648. The van der Waals surface area contributed by atoms with Crippen LogP contribution >= 0.6 is 0 Å². The Bertz CT molecular complexity index is 213. The molecule has 1 rings (SSSR count). The molecule has 3 N–H and O–H groups in total. The SMILES string of the molecule is CCCCCC(C)(C)CNCC1CCCC(N)C1. The number of hydrogen-bond donors (Lipinski definition) is 2. The third kappa shape index (κ3) is 6.75. The van der Waals surface area contributed by atoms with Crippen LogP contribution in [0.15, 0.2) is 0 Å². The predicted octanol–water partition coefficient (Wildman–Crippen LogP) is 3.70. The summed E-state index contributed by atoms with van der Waals surface area (Å²) in [7, 11) is 0. The number of hydrogen-bond acceptors (Lipinski definition) is 2. The summed E-state index contributed by atoms with van der Waals surface area (Å²) in [4.78, 5) is 0. The van der Waals surface area contributed by atoms with Gasteiger partial charge < -0.3 is 11.1 Å². The molecule has 108 valence electrons. The second kappa shape index (κ2) is 8.16. The Balaban J connectivity index is 2.11. The fourth-order valence-electron chi connectivity index (χ4n) is 3.07. The lowest BCUT2D eigenvalue weighted by Gasteiger charge is -2.29. The van der Waals surface area contributed by atoms with Crippen LogP contribution in [0.4, 0.5) is 0 Å². The molecule has 0 bridgehead atoms. The highest BCUT2D eigenvalue weighted by atomic mass is 14.9. The topological polar surface area (TPSA) is 38.0 Å². The van der Waals surface area contributed by atoms with Crippen molar-refractivity contribution in [3.05, 3.63) is 0 Å². The van der Waals surface area contributed by atoms with Gasteiger partial charge in [0.1, 0.15) is 0 Å². The van der Waals surface area contributed by atoms with E-state index in [4.69, 9.17) is 5.73 Å². The normalized spacial score (nSPS) is 25.3. The largest absolute Gasteiger partial charge is 0.328 e. The fourth-order valence-corrected chi connectivity index (χ4v) is 3.07. The van der Waals surface area contributed by atoms with Crippen LogP contribution in [0.1, 0.15) is 72.1 Å². The second-order valence-electron chi connectivity index (χ2n) is 7.04. The molecule has 1 aliphatic carbocycles. The lowest BCUT2D eigenvalue weighted by molar-refractivity contribution is 0.267. The molecular formula is C16H34N2. The lowest BCUT2D eigenvalue weighted by Crippen LogP contribution is -2.36. The number of rotatable bonds is 8.